The number of halogens is 2. The van der Waals surface area contributed by atoms with Crippen LogP contribution in [0.5, 0.6) is 5.75 Å². The summed E-state index contributed by atoms with van der Waals surface area (Å²) in [4.78, 5) is 16.3. The molecule has 0 saturated heterocycles. The number of nitrogens with zero attached hydrogens (tertiary/aromatic N) is 3. The van der Waals surface area contributed by atoms with E-state index >= 15 is 0 Å². The number of ether oxygens (including phenoxy) is 2. The van der Waals surface area contributed by atoms with E-state index in [9.17, 15) is 9.18 Å². The van der Waals surface area contributed by atoms with Gasteiger partial charge in [0.15, 0.2) is 0 Å². The smallest absolute Gasteiger partial charge is 0.337 e. The molecule has 35 heavy (non-hydrogen) atoms. The maximum atomic E-state index is 13.8. The van der Waals surface area contributed by atoms with Gasteiger partial charge in [-0.2, -0.15) is 10.1 Å². The van der Waals surface area contributed by atoms with Crippen LogP contribution in [0.25, 0.3) is 5.70 Å². The lowest BCUT2D eigenvalue weighted by Crippen LogP contribution is -2.32. The average Bonchev–Trinajstić information content (AvgIpc) is 3.36. The molecule has 3 aromatic carbocycles. The fraction of sp³-hybridized carbons (Fsp3) is 0.115. The molecule has 0 saturated carbocycles. The van der Waals surface area contributed by atoms with Crippen LogP contribution in [-0.2, 0) is 4.74 Å². The van der Waals surface area contributed by atoms with Gasteiger partial charge in [0.2, 0.25) is 5.95 Å². The number of hydrogen-bond donors (Lipinski definition) is 1. The molecule has 4 aromatic rings. The van der Waals surface area contributed by atoms with Gasteiger partial charge in [-0.25, -0.2) is 13.9 Å². The number of aromatic nitrogens is 3. The van der Waals surface area contributed by atoms with E-state index in [0.717, 1.165) is 28.0 Å². The maximum Gasteiger partial charge on any atom is 0.337 e. The van der Waals surface area contributed by atoms with Crippen LogP contribution in [0.4, 0.5) is 10.3 Å². The van der Waals surface area contributed by atoms with Crippen molar-refractivity contribution < 1.29 is 18.7 Å². The zero-order valence-corrected chi connectivity index (χ0v) is 19.2. The fourth-order valence-electron chi connectivity index (χ4n) is 4.59. The standard InChI is InChI=1S/C26H18ClFN4O3/c1-34-25(33)16-4-2-15(3-5-16)24-21-22(19-12-17(27)8-11-20(19)35-24)31-26-29-13-30-32(26)23(21)14-6-9-18(28)10-7-14/h2-13,23-24H,1H3,(H,29,30,31)/t23-,24+/m1/s1. The molecule has 9 heteroatoms. The Morgan fingerprint density at radius 1 is 1.09 bits per heavy atom. The Bertz CT molecular complexity index is 1480. The van der Waals surface area contributed by atoms with Crippen LogP contribution in [0, 0.1) is 5.82 Å². The molecular formula is C26H18ClFN4O3. The third-order valence-electron chi connectivity index (χ3n) is 6.20. The molecule has 1 N–H and O–H groups in total. The lowest BCUT2D eigenvalue weighted by molar-refractivity contribution is 0.0600. The number of fused-ring (bicyclic) bond motifs is 3. The molecular weight excluding hydrogens is 471 g/mol. The maximum absolute atomic E-state index is 13.8. The Labute approximate surface area is 204 Å². The largest absolute Gasteiger partial charge is 0.480 e. The topological polar surface area (TPSA) is 78.3 Å². The first kappa shape index (κ1) is 21.4. The quantitative estimate of drug-likeness (QED) is 0.388. The van der Waals surface area contributed by atoms with Gasteiger partial charge in [-0.3, -0.25) is 0 Å². The minimum absolute atomic E-state index is 0.331. The van der Waals surface area contributed by atoms with E-state index in [4.69, 9.17) is 21.1 Å². The molecule has 7 nitrogen and oxygen atoms in total. The number of esters is 1. The highest BCUT2D eigenvalue weighted by atomic mass is 35.5. The van der Waals surface area contributed by atoms with E-state index in [1.165, 1.54) is 25.6 Å². The van der Waals surface area contributed by atoms with E-state index in [1.54, 1.807) is 35.0 Å². The lowest BCUT2D eigenvalue weighted by Gasteiger charge is -2.39. The van der Waals surface area contributed by atoms with Gasteiger partial charge in [-0.1, -0.05) is 35.9 Å². The second-order valence-electron chi connectivity index (χ2n) is 8.19. The minimum Gasteiger partial charge on any atom is -0.480 e. The summed E-state index contributed by atoms with van der Waals surface area (Å²) in [5, 5.41) is 8.41. The van der Waals surface area contributed by atoms with E-state index < -0.39 is 18.1 Å². The lowest BCUT2D eigenvalue weighted by atomic mass is 9.84. The average molecular weight is 489 g/mol. The second kappa shape index (κ2) is 8.25. The van der Waals surface area contributed by atoms with Crippen LogP contribution in [-0.4, -0.2) is 27.8 Å². The Morgan fingerprint density at radius 2 is 1.83 bits per heavy atom. The Balaban J connectivity index is 1.57. The van der Waals surface area contributed by atoms with Crippen LogP contribution in [0.15, 0.2) is 78.6 Å². The molecule has 0 unspecified atom stereocenters. The Kier molecular flexibility index (Phi) is 5.04. The van der Waals surface area contributed by atoms with E-state index in [0.29, 0.717) is 22.3 Å². The van der Waals surface area contributed by atoms with Crippen molar-refractivity contribution in [3.63, 3.8) is 0 Å². The van der Waals surface area contributed by atoms with Crippen LogP contribution in [0.3, 0.4) is 0 Å². The molecule has 3 heterocycles. The van der Waals surface area contributed by atoms with Gasteiger partial charge in [0.25, 0.3) is 0 Å². The van der Waals surface area contributed by atoms with Crippen molar-refractivity contribution in [2.24, 2.45) is 0 Å². The van der Waals surface area contributed by atoms with E-state index in [2.05, 4.69) is 15.4 Å². The highest BCUT2D eigenvalue weighted by Gasteiger charge is 2.41. The molecule has 2 aliphatic rings. The number of benzene rings is 3. The number of methoxy groups -OCH3 is 1. The van der Waals surface area contributed by atoms with Gasteiger partial charge in [-0.05, 0) is 53.6 Å². The molecule has 6 rings (SSSR count). The molecule has 0 spiro atoms. The summed E-state index contributed by atoms with van der Waals surface area (Å²) in [7, 11) is 1.34. The molecule has 0 radical (unpaired) electrons. The molecule has 0 bridgehead atoms. The van der Waals surface area contributed by atoms with Gasteiger partial charge < -0.3 is 14.8 Å². The van der Waals surface area contributed by atoms with Gasteiger partial charge in [0.05, 0.1) is 18.4 Å². The number of hydrogen-bond acceptors (Lipinski definition) is 6. The summed E-state index contributed by atoms with van der Waals surface area (Å²) in [6, 6.07) is 18.4. The predicted molar refractivity (Wildman–Crippen MR) is 128 cm³/mol. The first-order valence-electron chi connectivity index (χ1n) is 10.8. The van der Waals surface area contributed by atoms with Crippen molar-refractivity contribution in [1.29, 1.82) is 0 Å². The van der Waals surface area contributed by atoms with Gasteiger partial charge in [0.1, 0.15) is 30.0 Å². The van der Waals surface area contributed by atoms with Gasteiger partial charge >= 0.3 is 5.97 Å². The predicted octanol–water partition coefficient (Wildman–Crippen LogP) is 5.42. The number of nitrogens with one attached hydrogen (secondary N) is 1. The van der Waals surface area contributed by atoms with Gasteiger partial charge in [-0.15, -0.1) is 0 Å². The van der Waals surface area contributed by atoms with Gasteiger partial charge in [0, 0.05) is 16.2 Å². The number of carbonyl (C=O) groups is 1. The number of carbonyl (C=O) groups excluding carboxylic acids is 1. The molecule has 0 aliphatic carbocycles. The summed E-state index contributed by atoms with van der Waals surface area (Å²) in [5.74, 6) is 0.443. The van der Waals surface area contributed by atoms with Crippen LogP contribution in [0.2, 0.25) is 5.02 Å². The van der Waals surface area contributed by atoms with E-state index in [1.807, 2.05) is 24.3 Å². The first-order chi connectivity index (χ1) is 17.0. The number of anilines is 1. The summed E-state index contributed by atoms with van der Waals surface area (Å²) in [6.07, 6.45) is 0.933. The van der Waals surface area contributed by atoms with Crippen molar-refractivity contribution in [2.45, 2.75) is 12.1 Å². The summed E-state index contributed by atoms with van der Waals surface area (Å²) >= 11 is 6.35. The normalized spacial score (nSPS) is 18.0. The first-order valence-corrected chi connectivity index (χ1v) is 11.2. The molecule has 0 fully saturated rings. The molecule has 0 amide bonds. The number of rotatable bonds is 3. The van der Waals surface area contributed by atoms with Crippen LogP contribution >= 0.6 is 11.6 Å². The van der Waals surface area contributed by atoms with Crippen molar-refractivity contribution in [1.82, 2.24) is 14.8 Å². The third kappa shape index (κ3) is 3.54. The van der Waals surface area contributed by atoms with Crippen molar-refractivity contribution in [2.75, 3.05) is 12.4 Å². The third-order valence-corrected chi connectivity index (χ3v) is 6.43. The minimum atomic E-state index is -0.537. The molecule has 174 valence electrons. The molecule has 2 aliphatic heterocycles. The Hall–Kier alpha value is -4.17. The summed E-state index contributed by atoms with van der Waals surface area (Å²) < 4.78 is 26.9. The highest BCUT2D eigenvalue weighted by Crippen LogP contribution is 2.51. The highest BCUT2D eigenvalue weighted by molar-refractivity contribution is 6.30. The monoisotopic (exact) mass is 488 g/mol. The van der Waals surface area contributed by atoms with E-state index in [-0.39, 0.29) is 5.82 Å². The van der Waals surface area contributed by atoms with Crippen molar-refractivity contribution in [3.8, 4) is 5.75 Å². The van der Waals surface area contributed by atoms with Crippen molar-refractivity contribution in [3.05, 3.63) is 112 Å². The zero-order valence-electron chi connectivity index (χ0n) is 18.4. The summed E-state index contributed by atoms with van der Waals surface area (Å²) in [6.45, 7) is 0. The zero-order chi connectivity index (χ0) is 24.1. The molecule has 1 aromatic heterocycles. The van der Waals surface area contributed by atoms with Crippen LogP contribution < -0.4 is 10.1 Å². The fourth-order valence-corrected chi connectivity index (χ4v) is 4.77. The molecule has 2 atom stereocenters. The summed E-state index contributed by atoms with van der Waals surface area (Å²) in [5.41, 5.74) is 4.52. The second-order valence-corrected chi connectivity index (χ2v) is 8.63. The SMILES string of the molecule is COC(=O)c1ccc([C@@H]2Oc3ccc(Cl)cc3C3=C2[C@@H](c2ccc(F)cc2)n2ncnc2N3)cc1. The van der Waals surface area contributed by atoms with Crippen molar-refractivity contribution >= 4 is 29.2 Å². The Morgan fingerprint density at radius 3 is 2.57 bits per heavy atom. The van der Waals surface area contributed by atoms with Crippen LogP contribution in [0.1, 0.15) is 39.2 Å².